The topological polar surface area (TPSA) is 57.7 Å². The van der Waals surface area contributed by atoms with Crippen LogP contribution in [0.5, 0.6) is 5.75 Å². The number of nitrogens with zero attached hydrogens (tertiary/aromatic N) is 3. The van der Waals surface area contributed by atoms with Crippen LogP contribution in [0.4, 0.5) is 5.69 Å². The van der Waals surface area contributed by atoms with Crippen molar-refractivity contribution in [1.29, 1.82) is 0 Å². The van der Waals surface area contributed by atoms with Gasteiger partial charge in [-0.05, 0) is 23.8 Å². The molecular weight excluding hydrogens is 364 g/mol. The summed E-state index contributed by atoms with van der Waals surface area (Å²) in [6.07, 6.45) is 3.69. The van der Waals surface area contributed by atoms with Crippen LogP contribution in [-0.2, 0) is 4.79 Å². The Morgan fingerprint density at radius 1 is 1.14 bits per heavy atom. The molecule has 1 aromatic heterocycles. The first kappa shape index (κ1) is 21.1. The van der Waals surface area contributed by atoms with Crippen LogP contribution >= 0.6 is 0 Å². The van der Waals surface area contributed by atoms with Crippen LogP contribution in [0.1, 0.15) is 32.4 Å². The van der Waals surface area contributed by atoms with E-state index in [1.807, 2.05) is 51.2 Å². The van der Waals surface area contributed by atoms with E-state index >= 15 is 0 Å². The SMILES string of the molecule is COc1ccccc1N1CCN([C@H](CNC(=O)C(C)(C)C)c2cccnc2)CC1. The second kappa shape index (κ2) is 9.27. The van der Waals surface area contributed by atoms with Crippen LogP contribution in [0.25, 0.3) is 0 Å². The van der Waals surface area contributed by atoms with Gasteiger partial charge in [-0.2, -0.15) is 0 Å². The number of nitrogens with one attached hydrogen (secondary N) is 1. The van der Waals surface area contributed by atoms with Crippen LogP contribution in [0.2, 0.25) is 0 Å². The molecule has 1 aliphatic rings. The maximum atomic E-state index is 12.4. The number of methoxy groups -OCH3 is 1. The molecule has 0 unspecified atom stereocenters. The van der Waals surface area contributed by atoms with Crippen molar-refractivity contribution in [3.05, 3.63) is 54.4 Å². The average molecular weight is 397 g/mol. The number of hydrogen-bond acceptors (Lipinski definition) is 5. The average Bonchev–Trinajstić information content (AvgIpc) is 2.74. The fraction of sp³-hybridized carbons (Fsp3) is 0.478. The number of anilines is 1. The molecule has 0 bridgehead atoms. The molecule has 1 fully saturated rings. The molecule has 0 saturated carbocycles. The quantitative estimate of drug-likeness (QED) is 0.813. The Hall–Kier alpha value is -2.60. The molecule has 1 aliphatic heterocycles. The summed E-state index contributed by atoms with van der Waals surface area (Å²) < 4.78 is 5.53. The number of pyridine rings is 1. The molecule has 0 aliphatic carbocycles. The molecule has 0 spiro atoms. The number of carbonyl (C=O) groups is 1. The lowest BCUT2D eigenvalue weighted by Gasteiger charge is -2.40. The maximum absolute atomic E-state index is 12.4. The first-order valence-electron chi connectivity index (χ1n) is 10.2. The van der Waals surface area contributed by atoms with Crippen LogP contribution in [0, 0.1) is 5.41 Å². The van der Waals surface area contributed by atoms with Gasteiger partial charge < -0.3 is 15.0 Å². The van der Waals surface area contributed by atoms with Crippen LogP contribution in [0.15, 0.2) is 48.8 Å². The lowest BCUT2D eigenvalue weighted by molar-refractivity contribution is -0.128. The molecular formula is C23H32N4O2. The maximum Gasteiger partial charge on any atom is 0.225 e. The van der Waals surface area contributed by atoms with E-state index in [1.165, 1.54) is 0 Å². The van der Waals surface area contributed by atoms with E-state index in [-0.39, 0.29) is 11.9 Å². The Kier molecular flexibility index (Phi) is 6.75. The predicted molar refractivity (Wildman–Crippen MR) is 116 cm³/mol. The summed E-state index contributed by atoms with van der Waals surface area (Å²) in [5, 5.41) is 3.14. The molecule has 6 heteroatoms. The van der Waals surface area contributed by atoms with E-state index in [0.29, 0.717) is 6.54 Å². The van der Waals surface area contributed by atoms with E-state index in [9.17, 15) is 4.79 Å². The molecule has 3 rings (SSSR count). The predicted octanol–water partition coefficient (Wildman–Crippen LogP) is 3.12. The van der Waals surface area contributed by atoms with Crippen molar-refractivity contribution in [3.63, 3.8) is 0 Å². The van der Waals surface area contributed by atoms with Crippen molar-refractivity contribution in [2.24, 2.45) is 5.41 Å². The van der Waals surface area contributed by atoms with Crippen LogP contribution < -0.4 is 15.0 Å². The van der Waals surface area contributed by atoms with Crippen molar-refractivity contribution >= 4 is 11.6 Å². The van der Waals surface area contributed by atoms with Gasteiger partial charge in [-0.3, -0.25) is 14.7 Å². The second-order valence-electron chi connectivity index (χ2n) is 8.46. The van der Waals surface area contributed by atoms with Gasteiger partial charge in [0.1, 0.15) is 5.75 Å². The zero-order valence-electron chi connectivity index (χ0n) is 17.9. The minimum Gasteiger partial charge on any atom is -0.495 e. The normalized spacial score (nSPS) is 16.3. The van der Waals surface area contributed by atoms with E-state index in [1.54, 1.807) is 13.3 Å². The molecule has 0 radical (unpaired) electrons. The minimum absolute atomic E-state index is 0.0686. The van der Waals surface area contributed by atoms with Crippen molar-refractivity contribution < 1.29 is 9.53 Å². The Balaban J connectivity index is 1.70. The fourth-order valence-corrected chi connectivity index (χ4v) is 3.65. The molecule has 29 heavy (non-hydrogen) atoms. The highest BCUT2D eigenvalue weighted by molar-refractivity contribution is 5.81. The zero-order chi connectivity index (χ0) is 20.9. The highest BCUT2D eigenvalue weighted by atomic mass is 16.5. The highest BCUT2D eigenvalue weighted by Gasteiger charge is 2.28. The number of hydrogen-bond donors (Lipinski definition) is 1. The third kappa shape index (κ3) is 5.26. The van der Waals surface area contributed by atoms with Crippen molar-refractivity contribution in [3.8, 4) is 5.75 Å². The first-order chi connectivity index (χ1) is 13.9. The van der Waals surface area contributed by atoms with Crippen molar-refractivity contribution in [2.45, 2.75) is 26.8 Å². The van der Waals surface area contributed by atoms with Gasteiger partial charge in [0.15, 0.2) is 0 Å². The molecule has 1 N–H and O–H groups in total. The Morgan fingerprint density at radius 3 is 2.48 bits per heavy atom. The number of amides is 1. The number of piperazine rings is 1. The van der Waals surface area contributed by atoms with Crippen molar-refractivity contribution in [1.82, 2.24) is 15.2 Å². The summed E-state index contributed by atoms with van der Waals surface area (Å²) >= 11 is 0. The van der Waals surface area contributed by atoms with Gasteiger partial charge in [0.2, 0.25) is 5.91 Å². The molecule has 1 saturated heterocycles. The fourth-order valence-electron chi connectivity index (χ4n) is 3.65. The van der Waals surface area contributed by atoms with Gasteiger partial charge in [0.05, 0.1) is 18.8 Å². The Morgan fingerprint density at radius 2 is 1.86 bits per heavy atom. The molecule has 6 nitrogen and oxygen atoms in total. The number of rotatable bonds is 6. The lowest BCUT2D eigenvalue weighted by Crippen LogP contribution is -2.50. The molecule has 156 valence electrons. The zero-order valence-corrected chi connectivity index (χ0v) is 17.9. The van der Waals surface area contributed by atoms with Crippen LogP contribution in [0.3, 0.4) is 0 Å². The second-order valence-corrected chi connectivity index (χ2v) is 8.46. The molecule has 1 atom stereocenters. The summed E-state index contributed by atoms with van der Waals surface area (Å²) in [4.78, 5) is 21.5. The minimum atomic E-state index is -0.401. The summed E-state index contributed by atoms with van der Waals surface area (Å²) in [6, 6.07) is 12.3. The third-order valence-electron chi connectivity index (χ3n) is 5.39. The summed E-state index contributed by atoms with van der Waals surface area (Å²) in [5.74, 6) is 0.973. The van der Waals surface area contributed by atoms with E-state index < -0.39 is 5.41 Å². The largest absolute Gasteiger partial charge is 0.495 e. The van der Waals surface area contributed by atoms with E-state index in [2.05, 4.69) is 32.2 Å². The first-order valence-corrected chi connectivity index (χ1v) is 10.2. The standard InChI is InChI=1S/C23H32N4O2/c1-23(2,3)22(28)25-17-20(18-8-7-11-24-16-18)27-14-12-26(13-15-27)19-9-5-6-10-21(19)29-4/h5-11,16,20H,12-15,17H2,1-4H3,(H,25,28)/t20-/m1/s1. The number of para-hydroxylation sites is 2. The van der Waals surface area contributed by atoms with Gasteiger partial charge in [-0.15, -0.1) is 0 Å². The number of carbonyl (C=O) groups excluding carboxylic acids is 1. The number of ether oxygens (including phenoxy) is 1. The van der Waals surface area contributed by atoms with Gasteiger partial charge in [-0.1, -0.05) is 39.0 Å². The van der Waals surface area contributed by atoms with Crippen LogP contribution in [-0.4, -0.2) is 55.6 Å². The monoisotopic (exact) mass is 396 g/mol. The number of aromatic nitrogens is 1. The summed E-state index contributed by atoms with van der Waals surface area (Å²) in [5.41, 5.74) is 1.86. The number of benzene rings is 1. The Bertz CT molecular complexity index is 796. The van der Waals surface area contributed by atoms with E-state index in [4.69, 9.17) is 4.74 Å². The summed E-state index contributed by atoms with van der Waals surface area (Å²) in [7, 11) is 1.71. The van der Waals surface area contributed by atoms with Gasteiger partial charge in [0.25, 0.3) is 0 Å². The third-order valence-corrected chi connectivity index (χ3v) is 5.39. The smallest absolute Gasteiger partial charge is 0.225 e. The molecule has 2 heterocycles. The van der Waals surface area contributed by atoms with E-state index in [0.717, 1.165) is 43.2 Å². The van der Waals surface area contributed by atoms with Gasteiger partial charge >= 0.3 is 0 Å². The highest BCUT2D eigenvalue weighted by Crippen LogP contribution is 2.30. The van der Waals surface area contributed by atoms with Gasteiger partial charge in [0, 0.05) is 50.5 Å². The molecule has 2 aromatic rings. The lowest BCUT2D eigenvalue weighted by atomic mass is 9.95. The van der Waals surface area contributed by atoms with Gasteiger partial charge in [-0.25, -0.2) is 0 Å². The summed E-state index contributed by atoms with van der Waals surface area (Å²) in [6.45, 7) is 10.0. The molecule has 1 amide bonds. The Labute approximate surface area is 173 Å². The molecule has 1 aromatic carbocycles. The van der Waals surface area contributed by atoms with Crippen molar-refractivity contribution in [2.75, 3.05) is 44.7 Å².